The summed E-state index contributed by atoms with van der Waals surface area (Å²) in [6.07, 6.45) is 0. The predicted octanol–water partition coefficient (Wildman–Crippen LogP) is 1.58. The third-order valence-corrected chi connectivity index (χ3v) is 3.76. The van der Waals surface area contributed by atoms with Gasteiger partial charge in [0.05, 0.1) is 5.52 Å². The molecule has 0 saturated heterocycles. The van der Waals surface area contributed by atoms with E-state index in [1.54, 1.807) is 0 Å². The molecule has 0 amide bonds. The van der Waals surface area contributed by atoms with Crippen LogP contribution in [0, 0.1) is 0 Å². The number of rotatable bonds is 1. The fraction of sp³-hybridized carbons (Fsp3) is 0.400. The van der Waals surface area contributed by atoms with Gasteiger partial charge in [-0.2, -0.15) is 0 Å². The van der Waals surface area contributed by atoms with E-state index < -0.39 is 9.68 Å². The van der Waals surface area contributed by atoms with Crippen LogP contribution in [0.25, 0.3) is 11.0 Å². The lowest BCUT2D eigenvalue weighted by molar-refractivity contribution is 0.721. The Hall–Kier alpha value is -1.16. The van der Waals surface area contributed by atoms with Crippen LogP contribution < -0.4 is 0 Å². The van der Waals surface area contributed by atoms with Crippen LogP contribution in [0.2, 0.25) is 5.04 Å². The summed E-state index contributed by atoms with van der Waals surface area (Å²) in [5.74, 6) is 0. The van der Waals surface area contributed by atoms with Crippen molar-refractivity contribution in [2.24, 2.45) is 0 Å². The second-order valence-corrected chi connectivity index (χ2v) is 7.83. The van der Waals surface area contributed by atoms with Gasteiger partial charge in [-0.1, -0.05) is 38.1 Å². The van der Waals surface area contributed by atoms with Crippen molar-refractivity contribution in [1.82, 2.24) is 14.7 Å². The fourth-order valence-corrected chi connectivity index (χ4v) is 2.95. The number of fused-ring (bicyclic) bond motifs is 1. The average molecular weight is 205 g/mol. The highest BCUT2D eigenvalue weighted by atomic mass is 28.2. The number of benzene rings is 1. The number of nitrogens with zero attached hydrogens (tertiary/aromatic N) is 3. The number of hydrogen-bond donors (Lipinski definition) is 0. The van der Waals surface area contributed by atoms with Crippen LogP contribution in [0.3, 0.4) is 0 Å². The van der Waals surface area contributed by atoms with Gasteiger partial charge in [-0.05, 0) is 17.2 Å². The van der Waals surface area contributed by atoms with Crippen molar-refractivity contribution in [3.8, 4) is 0 Å². The Morgan fingerprint density at radius 3 is 2.64 bits per heavy atom. The molecule has 4 heteroatoms. The third-order valence-electron chi connectivity index (χ3n) is 2.04. The first-order chi connectivity index (χ1) is 6.56. The number of hydrogen-bond acceptors (Lipinski definition) is 2. The molecule has 3 nitrogen and oxygen atoms in total. The van der Waals surface area contributed by atoms with Crippen LogP contribution >= 0.6 is 0 Å². The van der Waals surface area contributed by atoms with E-state index in [9.17, 15) is 0 Å². The largest absolute Gasteiger partial charge is 0.281 e. The van der Waals surface area contributed by atoms with E-state index in [0.29, 0.717) is 5.04 Å². The van der Waals surface area contributed by atoms with Crippen molar-refractivity contribution in [3.05, 3.63) is 24.3 Å². The monoisotopic (exact) mass is 205 g/mol. The van der Waals surface area contributed by atoms with E-state index in [1.807, 2.05) is 18.2 Å². The summed E-state index contributed by atoms with van der Waals surface area (Å²) in [6, 6.07) is 8.14. The van der Waals surface area contributed by atoms with Crippen molar-refractivity contribution in [3.63, 3.8) is 0 Å². The van der Waals surface area contributed by atoms with Crippen LogP contribution in [0.5, 0.6) is 0 Å². The van der Waals surface area contributed by atoms with Crippen LogP contribution in [0.15, 0.2) is 24.3 Å². The Kier molecular flexibility index (Phi) is 2.15. The van der Waals surface area contributed by atoms with Gasteiger partial charge in [0.2, 0.25) is 0 Å². The Bertz CT molecular complexity index is 442. The molecule has 0 aliphatic rings. The molecule has 0 aliphatic heterocycles. The second kappa shape index (κ2) is 3.20. The van der Waals surface area contributed by atoms with Crippen molar-refractivity contribution in [1.29, 1.82) is 0 Å². The molecule has 0 spiro atoms. The lowest BCUT2D eigenvalue weighted by Crippen LogP contribution is -2.19. The summed E-state index contributed by atoms with van der Waals surface area (Å²) in [5, 5.41) is 8.73. The van der Waals surface area contributed by atoms with Crippen molar-refractivity contribution in [2.45, 2.75) is 25.8 Å². The maximum absolute atomic E-state index is 4.21. The van der Waals surface area contributed by atoms with Crippen molar-refractivity contribution >= 4 is 20.7 Å². The second-order valence-electron chi connectivity index (χ2n) is 4.80. The summed E-state index contributed by atoms with van der Waals surface area (Å²) in [6.45, 7) is 6.78. The number of aromatic nitrogens is 3. The summed E-state index contributed by atoms with van der Waals surface area (Å²) in [4.78, 5) is 0. The molecule has 1 aromatic carbocycles. The summed E-state index contributed by atoms with van der Waals surface area (Å²) >= 11 is 0. The maximum Gasteiger partial charge on any atom is 0.162 e. The van der Waals surface area contributed by atoms with Crippen LogP contribution in [0.1, 0.15) is 20.8 Å². The minimum absolute atomic E-state index is 0.371. The molecule has 0 aliphatic carbocycles. The fourth-order valence-electron chi connectivity index (χ4n) is 1.48. The van der Waals surface area contributed by atoms with Gasteiger partial charge < -0.3 is 0 Å². The molecular weight excluding hydrogens is 190 g/mol. The molecule has 0 atom stereocenters. The van der Waals surface area contributed by atoms with E-state index in [0.717, 1.165) is 5.52 Å². The zero-order chi connectivity index (χ0) is 10.2. The molecule has 0 fully saturated rings. The Balaban J connectivity index is 2.44. The lowest BCUT2D eigenvalue weighted by atomic mass is 10.3. The van der Waals surface area contributed by atoms with E-state index >= 15 is 0 Å². The molecule has 0 N–H and O–H groups in total. The van der Waals surface area contributed by atoms with E-state index in [1.165, 1.54) is 5.52 Å². The van der Waals surface area contributed by atoms with Gasteiger partial charge in [0, 0.05) is 0 Å². The first-order valence-electron chi connectivity index (χ1n) is 4.84. The normalized spacial score (nSPS) is 13.1. The molecule has 74 valence electrons. The highest BCUT2D eigenvalue weighted by Crippen LogP contribution is 2.21. The maximum atomic E-state index is 4.21. The topological polar surface area (TPSA) is 30.7 Å². The van der Waals surface area contributed by atoms with E-state index in [4.69, 9.17) is 0 Å². The first kappa shape index (κ1) is 9.39. The summed E-state index contributed by atoms with van der Waals surface area (Å²) in [7, 11) is -0.410. The smallest absolute Gasteiger partial charge is 0.162 e. The molecule has 2 aromatic rings. The Labute approximate surface area is 86.0 Å². The molecule has 2 rings (SSSR count). The number of para-hydroxylation sites is 1. The molecule has 1 aromatic heterocycles. The molecule has 0 bridgehead atoms. The van der Waals surface area contributed by atoms with Crippen molar-refractivity contribution in [2.75, 3.05) is 0 Å². The molecular formula is C10H15N3Si. The average Bonchev–Trinajstić information content (AvgIpc) is 2.47. The first-order valence-corrected chi connectivity index (χ1v) is 6.18. The highest BCUT2D eigenvalue weighted by molar-refractivity contribution is 6.38. The third kappa shape index (κ3) is 1.85. The van der Waals surface area contributed by atoms with Crippen LogP contribution in [0.4, 0.5) is 0 Å². The summed E-state index contributed by atoms with van der Waals surface area (Å²) < 4.78 is 2.11. The van der Waals surface area contributed by atoms with Gasteiger partial charge >= 0.3 is 0 Å². The van der Waals surface area contributed by atoms with Gasteiger partial charge in [0.1, 0.15) is 5.52 Å². The standard InChI is InChI=1S/C10H15N3Si/c1-10(2,3)14-13-9-7-5-4-6-8(9)11-12-13/h4-7H,14H2,1-3H3. The summed E-state index contributed by atoms with van der Waals surface area (Å²) in [5.41, 5.74) is 2.18. The molecule has 1 heterocycles. The molecule has 0 radical (unpaired) electrons. The minimum atomic E-state index is -0.410. The molecule has 0 saturated carbocycles. The van der Waals surface area contributed by atoms with Gasteiger partial charge in [-0.15, -0.1) is 5.10 Å². The highest BCUT2D eigenvalue weighted by Gasteiger charge is 2.15. The van der Waals surface area contributed by atoms with Gasteiger partial charge in [0.15, 0.2) is 9.68 Å². The zero-order valence-electron chi connectivity index (χ0n) is 8.86. The zero-order valence-corrected chi connectivity index (χ0v) is 10.3. The SMILES string of the molecule is CC(C)(C)[SiH2]n1nnc2ccccc21. The van der Waals surface area contributed by atoms with Crippen LogP contribution in [-0.4, -0.2) is 24.3 Å². The van der Waals surface area contributed by atoms with E-state index in [2.05, 4.69) is 41.5 Å². The predicted molar refractivity (Wildman–Crippen MR) is 61.2 cm³/mol. The quantitative estimate of drug-likeness (QED) is 0.662. The van der Waals surface area contributed by atoms with Crippen LogP contribution in [-0.2, 0) is 0 Å². The van der Waals surface area contributed by atoms with Gasteiger partial charge in [-0.3, -0.25) is 4.35 Å². The molecule has 0 unspecified atom stereocenters. The Morgan fingerprint density at radius 1 is 1.21 bits per heavy atom. The minimum Gasteiger partial charge on any atom is -0.281 e. The van der Waals surface area contributed by atoms with Crippen molar-refractivity contribution < 1.29 is 0 Å². The lowest BCUT2D eigenvalue weighted by Gasteiger charge is -2.16. The van der Waals surface area contributed by atoms with Gasteiger partial charge in [-0.25, -0.2) is 0 Å². The van der Waals surface area contributed by atoms with E-state index in [-0.39, 0.29) is 0 Å². The Morgan fingerprint density at radius 2 is 1.93 bits per heavy atom. The van der Waals surface area contributed by atoms with Gasteiger partial charge in [0.25, 0.3) is 0 Å². The molecule has 14 heavy (non-hydrogen) atoms.